The van der Waals surface area contributed by atoms with Gasteiger partial charge in [-0.2, -0.15) is 0 Å². The fourth-order valence-corrected chi connectivity index (χ4v) is 6.79. The van der Waals surface area contributed by atoms with E-state index in [4.69, 9.17) is 0 Å². The van der Waals surface area contributed by atoms with Crippen LogP contribution in [0.25, 0.3) is 11.1 Å². The minimum atomic E-state index is 0.649. The molecule has 0 spiro atoms. The van der Waals surface area contributed by atoms with Crippen LogP contribution >= 0.6 is 11.8 Å². The summed E-state index contributed by atoms with van der Waals surface area (Å²) in [5.41, 5.74) is 7.32. The Morgan fingerprint density at radius 2 is 1.73 bits per heavy atom. The van der Waals surface area contributed by atoms with Crippen LogP contribution in [0.2, 0.25) is 0 Å². The lowest BCUT2D eigenvalue weighted by molar-refractivity contribution is 0.186. The van der Waals surface area contributed by atoms with E-state index in [1.165, 1.54) is 59.8 Å². The Hall–Kier alpha value is -2.23. The summed E-state index contributed by atoms with van der Waals surface area (Å²) >= 11 is 2.06. The molecule has 0 radical (unpaired) electrons. The van der Waals surface area contributed by atoms with Gasteiger partial charge in [-0.1, -0.05) is 66.7 Å². The van der Waals surface area contributed by atoms with E-state index in [-0.39, 0.29) is 0 Å². The van der Waals surface area contributed by atoms with Crippen molar-refractivity contribution in [3.05, 3.63) is 83.9 Å². The van der Waals surface area contributed by atoms with Crippen LogP contribution in [0.3, 0.4) is 0 Å². The first kappa shape index (κ1) is 18.5. The summed E-state index contributed by atoms with van der Waals surface area (Å²) in [5.74, 6) is 1.91. The SMILES string of the molecule is c1ccc(-c2ccccc2CN2CC[C@@H]3[C@H](C2)c2cccc4c2N3CCCS4)cc1. The van der Waals surface area contributed by atoms with E-state index < -0.39 is 0 Å². The molecule has 0 aliphatic carbocycles. The van der Waals surface area contributed by atoms with Gasteiger partial charge in [0.15, 0.2) is 0 Å². The van der Waals surface area contributed by atoms with E-state index >= 15 is 0 Å². The normalized spacial score (nSPS) is 23.0. The molecule has 0 bridgehead atoms. The molecule has 3 aliphatic rings. The number of rotatable bonds is 3. The Morgan fingerprint density at radius 3 is 2.67 bits per heavy atom. The second-order valence-electron chi connectivity index (χ2n) is 8.81. The monoisotopic (exact) mass is 412 g/mol. The van der Waals surface area contributed by atoms with Gasteiger partial charge in [0.05, 0.1) is 5.69 Å². The summed E-state index contributed by atoms with van der Waals surface area (Å²) in [7, 11) is 0. The van der Waals surface area contributed by atoms with Gasteiger partial charge in [-0.25, -0.2) is 0 Å². The lowest BCUT2D eigenvalue weighted by Gasteiger charge is -2.39. The molecule has 0 aromatic heterocycles. The van der Waals surface area contributed by atoms with Gasteiger partial charge in [-0.15, -0.1) is 11.8 Å². The van der Waals surface area contributed by atoms with Crippen molar-refractivity contribution in [2.45, 2.75) is 36.2 Å². The largest absolute Gasteiger partial charge is 0.367 e. The Balaban J connectivity index is 1.28. The van der Waals surface area contributed by atoms with E-state index in [1.807, 2.05) is 0 Å². The predicted octanol–water partition coefficient (Wildman–Crippen LogP) is 6.03. The molecule has 3 heteroatoms. The average molecular weight is 413 g/mol. The van der Waals surface area contributed by atoms with E-state index in [0.29, 0.717) is 12.0 Å². The Morgan fingerprint density at radius 1 is 0.867 bits per heavy atom. The standard InChI is InChI=1S/C27H28N2S/c1-2-8-20(9-3-1)22-11-5-4-10-21(22)18-28-16-14-25-24(19-28)23-12-6-13-26-27(23)29(25)15-7-17-30-26/h1-6,8-13,24-25H,7,14-19H2/t24-,25-/m1/s1. The highest BCUT2D eigenvalue weighted by molar-refractivity contribution is 7.99. The lowest BCUT2D eigenvalue weighted by Crippen LogP contribution is -2.46. The topological polar surface area (TPSA) is 6.48 Å². The van der Waals surface area contributed by atoms with Gasteiger partial charge < -0.3 is 4.90 Å². The maximum atomic E-state index is 2.77. The zero-order valence-electron chi connectivity index (χ0n) is 17.3. The molecule has 0 amide bonds. The van der Waals surface area contributed by atoms with E-state index in [0.717, 1.165) is 6.54 Å². The molecule has 3 aromatic rings. The Kier molecular flexibility index (Phi) is 4.81. The van der Waals surface area contributed by atoms with Gasteiger partial charge in [0.1, 0.15) is 0 Å². The van der Waals surface area contributed by atoms with Crippen molar-refractivity contribution < 1.29 is 0 Å². The van der Waals surface area contributed by atoms with Crippen LogP contribution in [0.4, 0.5) is 5.69 Å². The third kappa shape index (κ3) is 3.16. The number of likely N-dealkylation sites (tertiary alicyclic amines) is 1. The molecule has 3 heterocycles. The van der Waals surface area contributed by atoms with Gasteiger partial charge in [0, 0.05) is 43.0 Å². The van der Waals surface area contributed by atoms with Gasteiger partial charge in [0.25, 0.3) is 0 Å². The third-order valence-corrected chi connectivity index (χ3v) is 8.21. The predicted molar refractivity (Wildman–Crippen MR) is 127 cm³/mol. The van der Waals surface area contributed by atoms with Gasteiger partial charge in [-0.05, 0) is 46.9 Å². The highest BCUT2D eigenvalue weighted by Crippen LogP contribution is 2.50. The summed E-state index contributed by atoms with van der Waals surface area (Å²) in [5, 5.41) is 0. The summed E-state index contributed by atoms with van der Waals surface area (Å²) in [4.78, 5) is 6.98. The molecule has 0 N–H and O–H groups in total. The second kappa shape index (κ2) is 7.79. The Labute approximate surface area is 183 Å². The first-order valence-electron chi connectivity index (χ1n) is 11.3. The summed E-state index contributed by atoms with van der Waals surface area (Å²) in [6.45, 7) is 4.63. The molecular formula is C27H28N2S. The third-order valence-electron chi connectivity index (χ3n) is 7.07. The zero-order valence-corrected chi connectivity index (χ0v) is 18.2. The van der Waals surface area contributed by atoms with Crippen molar-refractivity contribution in [1.82, 2.24) is 4.90 Å². The van der Waals surface area contributed by atoms with Crippen LogP contribution in [0, 0.1) is 0 Å². The van der Waals surface area contributed by atoms with E-state index in [9.17, 15) is 0 Å². The Bertz CT molecular complexity index is 1050. The first-order chi connectivity index (χ1) is 14.9. The molecular weight excluding hydrogens is 384 g/mol. The van der Waals surface area contributed by atoms with Crippen molar-refractivity contribution in [3.8, 4) is 11.1 Å². The average Bonchev–Trinajstić information content (AvgIpc) is 2.95. The van der Waals surface area contributed by atoms with Gasteiger partial charge in [0.2, 0.25) is 0 Å². The minimum absolute atomic E-state index is 0.649. The van der Waals surface area contributed by atoms with Crippen molar-refractivity contribution in [1.29, 1.82) is 0 Å². The van der Waals surface area contributed by atoms with Crippen molar-refractivity contribution in [2.24, 2.45) is 0 Å². The molecule has 6 rings (SSSR count). The number of nitrogens with zero attached hydrogens (tertiary/aromatic N) is 2. The number of anilines is 1. The first-order valence-corrected chi connectivity index (χ1v) is 12.2. The second-order valence-corrected chi connectivity index (χ2v) is 9.95. The van der Waals surface area contributed by atoms with Crippen molar-refractivity contribution >= 4 is 17.4 Å². The lowest BCUT2D eigenvalue weighted by atomic mass is 9.88. The number of benzene rings is 3. The number of fused-ring (bicyclic) bond motifs is 3. The van der Waals surface area contributed by atoms with Crippen LogP contribution in [0.15, 0.2) is 77.7 Å². The molecule has 30 heavy (non-hydrogen) atoms. The molecule has 152 valence electrons. The number of hydrogen-bond acceptors (Lipinski definition) is 3. The summed E-state index contributed by atoms with van der Waals surface area (Å²) in [6.07, 6.45) is 2.58. The van der Waals surface area contributed by atoms with Gasteiger partial charge >= 0.3 is 0 Å². The minimum Gasteiger partial charge on any atom is -0.367 e. The quantitative estimate of drug-likeness (QED) is 0.519. The molecule has 3 aromatic carbocycles. The number of hydrogen-bond donors (Lipinski definition) is 0. The molecule has 1 saturated heterocycles. The van der Waals surface area contributed by atoms with Crippen LogP contribution in [-0.2, 0) is 6.54 Å². The fourth-order valence-electron chi connectivity index (χ4n) is 5.75. The molecule has 2 atom stereocenters. The maximum absolute atomic E-state index is 2.77. The van der Waals surface area contributed by atoms with Crippen molar-refractivity contribution in [2.75, 3.05) is 30.3 Å². The fraction of sp³-hybridized carbons (Fsp3) is 0.333. The molecule has 1 fully saturated rings. The maximum Gasteiger partial charge on any atom is 0.0543 e. The number of thioether (sulfide) groups is 1. The van der Waals surface area contributed by atoms with Crippen LogP contribution in [0.1, 0.15) is 29.9 Å². The molecule has 3 aliphatic heterocycles. The highest BCUT2D eigenvalue weighted by Gasteiger charge is 2.43. The van der Waals surface area contributed by atoms with E-state index in [1.54, 1.807) is 11.3 Å². The number of para-hydroxylation sites is 1. The summed E-state index contributed by atoms with van der Waals surface area (Å²) < 4.78 is 0. The van der Waals surface area contributed by atoms with E-state index in [2.05, 4.69) is 94.4 Å². The van der Waals surface area contributed by atoms with Gasteiger partial charge in [-0.3, -0.25) is 4.90 Å². The van der Waals surface area contributed by atoms with Crippen molar-refractivity contribution in [3.63, 3.8) is 0 Å². The van der Waals surface area contributed by atoms with Crippen LogP contribution < -0.4 is 4.90 Å². The smallest absolute Gasteiger partial charge is 0.0543 e. The van der Waals surface area contributed by atoms with Crippen LogP contribution in [-0.4, -0.2) is 36.3 Å². The molecule has 0 saturated carbocycles. The summed E-state index contributed by atoms with van der Waals surface area (Å²) in [6, 6.07) is 27.5. The molecule has 0 unspecified atom stereocenters. The number of piperidine rings is 1. The highest BCUT2D eigenvalue weighted by atomic mass is 32.2. The zero-order chi connectivity index (χ0) is 19.9. The molecule has 2 nitrogen and oxygen atoms in total. The van der Waals surface area contributed by atoms with Crippen LogP contribution in [0.5, 0.6) is 0 Å².